The highest BCUT2D eigenvalue weighted by molar-refractivity contribution is 5.67. The van der Waals surface area contributed by atoms with Gasteiger partial charge in [0.05, 0.1) is 25.2 Å². The van der Waals surface area contributed by atoms with E-state index in [-0.39, 0.29) is 18.6 Å². The van der Waals surface area contributed by atoms with Crippen molar-refractivity contribution in [2.75, 3.05) is 6.61 Å². The molecule has 0 radical (unpaired) electrons. The summed E-state index contributed by atoms with van der Waals surface area (Å²) in [6.45, 7) is 1.28. The average Bonchev–Trinajstić information content (AvgIpc) is 3.27. The predicted molar refractivity (Wildman–Crippen MR) is 124 cm³/mol. The summed E-state index contributed by atoms with van der Waals surface area (Å²) in [5.41, 5.74) is 0. The second-order valence-corrected chi connectivity index (χ2v) is 9.89. The molecule has 0 amide bonds. The summed E-state index contributed by atoms with van der Waals surface area (Å²) in [6.07, 6.45) is 2.97. The van der Waals surface area contributed by atoms with Crippen molar-refractivity contribution < 1.29 is 44.9 Å². The number of aliphatic carboxylic acids is 1. The molecule has 10 heteroatoms. The Labute approximate surface area is 202 Å². The van der Waals surface area contributed by atoms with Gasteiger partial charge in [0, 0.05) is 12.1 Å². The molecule has 0 aromatic rings. The summed E-state index contributed by atoms with van der Waals surface area (Å²) in [5, 5.41) is 61.5. The lowest BCUT2D eigenvalue weighted by Gasteiger charge is -2.40. The Hall–Kier alpha value is -0.850. The van der Waals surface area contributed by atoms with E-state index in [1.165, 1.54) is 12.8 Å². The number of ether oxygens (including phenoxy) is 2. The monoisotopic (exact) mass is 491 g/mol. The maximum absolute atomic E-state index is 11.2. The summed E-state index contributed by atoms with van der Waals surface area (Å²) < 4.78 is 11.0. The first-order valence-corrected chi connectivity index (χ1v) is 12.8. The second kappa shape index (κ2) is 15.3. The molecule has 2 aliphatic heterocycles. The van der Waals surface area contributed by atoms with Crippen LogP contribution in [0.15, 0.2) is 0 Å². The second-order valence-electron chi connectivity index (χ2n) is 9.89. The molecule has 34 heavy (non-hydrogen) atoms. The lowest BCUT2D eigenvalue weighted by atomic mass is 9.99. The van der Waals surface area contributed by atoms with Crippen LogP contribution in [-0.2, 0) is 14.3 Å². The number of carboxylic acids is 1. The quantitative estimate of drug-likeness (QED) is 0.152. The first-order valence-electron chi connectivity index (χ1n) is 12.8. The van der Waals surface area contributed by atoms with Crippen LogP contribution in [0.25, 0.3) is 0 Å². The molecule has 0 aliphatic carbocycles. The highest BCUT2D eigenvalue weighted by atomic mass is 16.7. The number of aliphatic hydroxyl groups excluding tert-OH is 5. The van der Waals surface area contributed by atoms with Crippen LogP contribution < -0.4 is 5.32 Å². The lowest BCUT2D eigenvalue weighted by Crippen LogP contribution is -2.59. The molecule has 200 valence electrons. The molecule has 2 aliphatic rings. The van der Waals surface area contributed by atoms with E-state index in [0.29, 0.717) is 12.5 Å². The van der Waals surface area contributed by atoms with Crippen LogP contribution in [0.4, 0.5) is 0 Å². The maximum atomic E-state index is 11.2. The third-order valence-electron chi connectivity index (χ3n) is 7.01. The van der Waals surface area contributed by atoms with Crippen molar-refractivity contribution in [3.8, 4) is 0 Å². The molecule has 2 rings (SSSR count). The first kappa shape index (κ1) is 29.4. The molecule has 0 spiro atoms. The van der Waals surface area contributed by atoms with Crippen LogP contribution in [0.5, 0.6) is 0 Å². The molecule has 0 aromatic heterocycles. The molecule has 7 N–H and O–H groups in total. The minimum Gasteiger partial charge on any atom is -0.481 e. The Morgan fingerprint density at radius 2 is 1.65 bits per heavy atom. The molecule has 0 aromatic carbocycles. The summed E-state index contributed by atoms with van der Waals surface area (Å²) in [6, 6.07) is 0.758. The number of carbonyl (C=O) groups is 1. The number of unbranched alkanes of at least 4 members (excludes halogenated alkanes) is 6. The molecular formula is C24H45NO9. The smallest absolute Gasteiger partial charge is 0.305 e. The molecule has 2 heterocycles. The summed E-state index contributed by atoms with van der Waals surface area (Å²) >= 11 is 0. The standard InChI is InChI=1S/C24H45NO9/c1-15(27)18-12-11-16(25-18)9-7-5-3-2-4-6-8-10-17(13-20(28)29)33-24-23(32)22(31)21(30)19(14-26)34-24/h15-19,21-27,30-32H,2-14H2,1H3,(H,28,29)/t15-,16-,17+,18-,19+,21+,22-,23+,24+/m0/s1. The Kier molecular flexibility index (Phi) is 13.2. The van der Waals surface area contributed by atoms with E-state index in [4.69, 9.17) is 9.47 Å². The van der Waals surface area contributed by atoms with Crippen molar-refractivity contribution >= 4 is 5.97 Å². The van der Waals surface area contributed by atoms with Crippen molar-refractivity contribution in [2.45, 2.75) is 139 Å². The highest BCUT2D eigenvalue weighted by Crippen LogP contribution is 2.25. The van der Waals surface area contributed by atoms with Gasteiger partial charge >= 0.3 is 5.97 Å². The van der Waals surface area contributed by atoms with Crippen LogP contribution in [-0.4, -0.2) is 98.2 Å². The third kappa shape index (κ3) is 9.66. The Morgan fingerprint density at radius 3 is 2.24 bits per heavy atom. The molecule has 0 saturated carbocycles. The SMILES string of the molecule is C[C@H](O)[C@@H]1CC[C@H](CCCCCCCCC[C@H](CC(=O)O)O[C@@H]2O[C@H](CO)[C@@H](O)[C@H](O)[C@H]2O)N1. The fraction of sp³-hybridized carbons (Fsp3) is 0.958. The number of hydrogen-bond donors (Lipinski definition) is 7. The summed E-state index contributed by atoms with van der Waals surface area (Å²) in [4.78, 5) is 11.2. The van der Waals surface area contributed by atoms with Gasteiger partial charge in [0.1, 0.15) is 24.4 Å². The molecule has 2 saturated heterocycles. The van der Waals surface area contributed by atoms with Gasteiger partial charge in [-0.3, -0.25) is 4.79 Å². The fourth-order valence-corrected chi connectivity index (χ4v) is 4.89. The van der Waals surface area contributed by atoms with Crippen molar-refractivity contribution in [3.05, 3.63) is 0 Å². The summed E-state index contributed by atoms with van der Waals surface area (Å²) in [5.74, 6) is -1.04. The van der Waals surface area contributed by atoms with Gasteiger partial charge in [-0.2, -0.15) is 0 Å². The largest absolute Gasteiger partial charge is 0.481 e. The molecule has 2 fully saturated rings. The van der Waals surface area contributed by atoms with Crippen molar-refractivity contribution in [3.63, 3.8) is 0 Å². The Morgan fingerprint density at radius 1 is 1.00 bits per heavy atom. The Balaban J connectivity index is 1.59. The van der Waals surface area contributed by atoms with Crippen LogP contribution >= 0.6 is 0 Å². The van der Waals surface area contributed by atoms with Crippen molar-refractivity contribution in [1.29, 1.82) is 0 Å². The number of nitrogens with one attached hydrogen (secondary N) is 1. The van der Waals surface area contributed by atoms with E-state index in [9.17, 15) is 35.4 Å². The summed E-state index contributed by atoms with van der Waals surface area (Å²) in [7, 11) is 0. The zero-order valence-electron chi connectivity index (χ0n) is 20.3. The van der Waals surface area contributed by atoms with E-state index < -0.39 is 49.4 Å². The van der Waals surface area contributed by atoms with Gasteiger partial charge in [0.15, 0.2) is 6.29 Å². The molecule has 0 bridgehead atoms. The number of carboxylic acid groups (broad SMARTS) is 1. The van der Waals surface area contributed by atoms with Crippen LogP contribution in [0, 0.1) is 0 Å². The maximum Gasteiger partial charge on any atom is 0.305 e. The van der Waals surface area contributed by atoms with Crippen molar-refractivity contribution in [1.82, 2.24) is 5.32 Å². The lowest BCUT2D eigenvalue weighted by molar-refractivity contribution is -0.311. The Bertz CT molecular complexity index is 577. The molecule has 9 atom stereocenters. The van der Waals surface area contributed by atoms with Crippen LogP contribution in [0.1, 0.15) is 84.0 Å². The molecule has 10 nitrogen and oxygen atoms in total. The average molecular weight is 492 g/mol. The van der Waals surface area contributed by atoms with Gasteiger partial charge in [0.2, 0.25) is 0 Å². The van der Waals surface area contributed by atoms with E-state index in [1.54, 1.807) is 0 Å². The van der Waals surface area contributed by atoms with Gasteiger partial charge in [-0.25, -0.2) is 0 Å². The van der Waals surface area contributed by atoms with Gasteiger partial charge in [-0.15, -0.1) is 0 Å². The minimum absolute atomic E-state index is 0.236. The number of hydrogen-bond acceptors (Lipinski definition) is 9. The topological polar surface area (TPSA) is 169 Å². The van der Waals surface area contributed by atoms with Gasteiger partial charge in [0.25, 0.3) is 0 Å². The predicted octanol–water partition coefficient (Wildman–Crippen LogP) is 0.659. The first-order chi connectivity index (χ1) is 16.2. The fourth-order valence-electron chi connectivity index (χ4n) is 4.89. The molecular weight excluding hydrogens is 446 g/mol. The van der Waals surface area contributed by atoms with Gasteiger partial charge < -0.3 is 45.4 Å². The molecule has 0 unspecified atom stereocenters. The number of rotatable bonds is 16. The van der Waals surface area contributed by atoms with Crippen LogP contribution in [0.2, 0.25) is 0 Å². The van der Waals surface area contributed by atoms with Gasteiger partial charge in [-0.1, -0.05) is 44.9 Å². The zero-order chi connectivity index (χ0) is 25.1. The van der Waals surface area contributed by atoms with Crippen molar-refractivity contribution in [2.24, 2.45) is 0 Å². The van der Waals surface area contributed by atoms with E-state index >= 15 is 0 Å². The minimum atomic E-state index is -1.55. The highest BCUT2D eigenvalue weighted by Gasteiger charge is 2.44. The van der Waals surface area contributed by atoms with E-state index in [1.807, 2.05) is 6.92 Å². The van der Waals surface area contributed by atoms with Gasteiger partial charge in [-0.05, 0) is 32.6 Å². The van der Waals surface area contributed by atoms with E-state index in [2.05, 4.69) is 5.32 Å². The third-order valence-corrected chi connectivity index (χ3v) is 7.01. The normalized spacial score (nSPS) is 33.6. The zero-order valence-corrected chi connectivity index (χ0v) is 20.3. The van der Waals surface area contributed by atoms with Crippen LogP contribution in [0.3, 0.4) is 0 Å². The number of aliphatic hydroxyl groups is 5. The van der Waals surface area contributed by atoms with E-state index in [0.717, 1.165) is 51.4 Å².